The van der Waals surface area contributed by atoms with Gasteiger partial charge in [-0.3, -0.25) is 0 Å². The molecule has 0 unspecified atom stereocenters. The molecule has 1 heterocycles. The molecule has 1 fully saturated rings. The Morgan fingerprint density at radius 1 is 1.14 bits per heavy atom. The van der Waals surface area contributed by atoms with Crippen molar-refractivity contribution in [1.29, 1.82) is 0 Å². The van der Waals surface area contributed by atoms with Crippen molar-refractivity contribution in [2.45, 2.75) is 18.4 Å². The molecule has 1 saturated heterocycles. The topological polar surface area (TPSA) is 87.7 Å². The molecule has 2 aromatic rings. The van der Waals surface area contributed by atoms with Crippen molar-refractivity contribution >= 4 is 33.3 Å². The number of amides is 2. The summed E-state index contributed by atoms with van der Waals surface area (Å²) in [6.45, 7) is 3.67. The molecule has 150 valence electrons. The predicted octanol–water partition coefficient (Wildman–Crippen LogP) is 2.99. The Balaban J connectivity index is 1.56. The summed E-state index contributed by atoms with van der Waals surface area (Å²) in [7, 11) is -3.52. The van der Waals surface area contributed by atoms with E-state index in [1.807, 2.05) is 13.0 Å². The van der Waals surface area contributed by atoms with Crippen molar-refractivity contribution in [3.63, 3.8) is 0 Å². The fraction of sp³-hybridized carbons (Fsp3) is 0.316. The van der Waals surface area contributed by atoms with E-state index in [-0.39, 0.29) is 17.5 Å². The minimum Gasteiger partial charge on any atom is -0.379 e. The fourth-order valence-electron chi connectivity index (χ4n) is 2.74. The molecular weight excluding hydrogens is 402 g/mol. The SMILES string of the molecule is Cc1ccc(NC(=O)NCc2ccc(S(=O)(=O)N3CCOCC3)cc2)cc1Cl. The molecule has 0 bridgehead atoms. The molecule has 0 spiro atoms. The van der Waals surface area contributed by atoms with Gasteiger partial charge in [0.2, 0.25) is 10.0 Å². The number of benzene rings is 2. The van der Waals surface area contributed by atoms with Crippen LogP contribution in [0.15, 0.2) is 47.4 Å². The summed E-state index contributed by atoms with van der Waals surface area (Å²) in [5, 5.41) is 6.02. The molecule has 28 heavy (non-hydrogen) atoms. The molecule has 1 aliphatic rings. The number of ether oxygens (including phenoxy) is 1. The monoisotopic (exact) mass is 423 g/mol. The van der Waals surface area contributed by atoms with Gasteiger partial charge in [0.1, 0.15) is 0 Å². The van der Waals surface area contributed by atoms with E-state index >= 15 is 0 Å². The number of halogens is 1. The highest BCUT2D eigenvalue weighted by Gasteiger charge is 2.26. The van der Waals surface area contributed by atoms with E-state index in [4.69, 9.17) is 16.3 Å². The Morgan fingerprint density at radius 3 is 2.46 bits per heavy atom. The second-order valence-corrected chi connectivity index (χ2v) is 8.78. The number of nitrogens with one attached hydrogen (secondary N) is 2. The quantitative estimate of drug-likeness (QED) is 0.773. The van der Waals surface area contributed by atoms with Gasteiger partial charge in [-0.2, -0.15) is 4.31 Å². The number of hydrogen-bond acceptors (Lipinski definition) is 4. The molecule has 2 aromatic carbocycles. The van der Waals surface area contributed by atoms with Gasteiger partial charge in [-0.25, -0.2) is 13.2 Å². The van der Waals surface area contributed by atoms with Gasteiger partial charge in [0, 0.05) is 30.3 Å². The van der Waals surface area contributed by atoms with Gasteiger partial charge in [0.15, 0.2) is 0 Å². The first-order valence-corrected chi connectivity index (χ1v) is 10.7. The first-order valence-electron chi connectivity index (χ1n) is 8.84. The zero-order valence-corrected chi connectivity index (χ0v) is 17.0. The van der Waals surface area contributed by atoms with Crippen LogP contribution >= 0.6 is 11.6 Å². The van der Waals surface area contributed by atoms with Crippen LogP contribution in [0, 0.1) is 6.92 Å². The van der Waals surface area contributed by atoms with Crippen molar-refractivity contribution in [2.24, 2.45) is 0 Å². The maximum absolute atomic E-state index is 12.6. The lowest BCUT2D eigenvalue weighted by atomic mass is 10.2. The van der Waals surface area contributed by atoms with Crippen LogP contribution < -0.4 is 10.6 Å². The van der Waals surface area contributed by atoms with Crippen molar-refractivity contribution in [2.75, 3.05) is 31.6 Å². The lowest BCUT2D eigenvalue weighted by Gasteiger charge is -2.26. The summed E-state index contributed by atoms with van der Waals surface area (Å²) in [5.41, 5.74) is 2.32. The van der Waals surface area contributed by atoms with E-state index in [0.29, 0.717) is 37.0 Å². The van der Waals surface area contributed by atoms with E-state index in [9.17, 15) is 13.2 Å². The first kappa shape index (κ1) is 20.6. The minimum absolute atomic E-state index is 0.233. The summed E-state index contributed by atoms with van der Waals surface area (Å²) in [5.74, 6) is 0. The highest BCUT2D eigenvalue weighted by atomic mass is 35.5. The average Bonchev–Trinajstić information content (AvgIpc) is 2.70. The Morgan fingerprint density at radius 2 is 1.82 bits per heavy atom. The van der Waals surface area contributed by atoms with E-state index in [1.165, 1.54) is 4.31 Å². The third-order valence-electron chi connectivity index (χ3n) is 4.41. The van der Waals surface area contributed by atoms with Crippen LogP contribution in [0.25, 0.3) is 0 Å². The third kappa shape index (κ3) is 5.02. The summed E-state index contributed by atoms with van der Waals surface area (Å²) < 4.78 is 31.8. The standard InChI is InChI=1S/C19H22ClN3O4S/c1-14-2-5-16(12-18(14)20)22-19(24)21-13-15-3-6-17(7-4-15)28(25,26)23-8-10-27-11-9-23/h2-7,12H,8-11,13H2,1H3,(H2,21,22,24). The summed E-state index contributed by atoms with van der Waals surface area (Å²) in [6, 6.07) is 11.4. The van der Waals surface area contributed by atoms with Crippen molar-refractivity contribution in [3.8, 4) is 0 Å². The molecule has 2 N–H and O–H groups in total. The zero-order valence-electron chi connectivity index (χ0n) is 15.4. The van der Waals surface area contributed by atoms with Gasteiger partial charge in [-0.15, -0.1) is 0 Å². The van der Waals surface area contributed by atoms with Gasteiger partial charge in [0.05, 0.1) is 18.1 Å². The molecule has 0 aliphatic carbocycles. The summed E-state index contributed by atoms with van der Waals surface area (Å²) in [4.78, 5) is 12.3. The number of sulfonamides is 1. The van der Waals surface area contributed by atoms with Crippen molar-refractivity contribution in [3.05, 3.63) is 58.6 Å². The normalized spacial score (nSPS) is 15.2. The number of hydrogen-bond donors (Lipinski definition) is 2. The Hall–Kier alpha value is -2.13. The number of carbonyl (C=O) groups is 1. The maximum Gasteiger partial charge on any atom is 0.319 e. The first-order chi connectivity index (χ1) is 13.4. The van der Waals surface area contributed by atoms with Gasteiger partial charge in [0.25, 0.3) is 0 Å². The van der Waals surface area contributed by atoms with Crippen LogP contribution in [0.1, 0.15) is 11.1 Å². The van der Waals surface area contributed by atoms with E-state index < -0.39 is 10.0 Å². The smallest absolute Gasteiger partial charge is 0.319 e. The maximum atomic E-state index is 12.6. The molecule has 0 atom stereocenters. The molecule has 9 heteroatoms. The number of carbonyl (C=O) groups excluding carboxylic acids is 1. The van der Waals surface area contributed by atoms with Crippen molar-refractivity contribution in [1.82, 2.24) is 9.62 Å². The number of nitrogens with zero attached hydrogens (tertiary/aromatic N) is 1. The highest BCUT2D eigenvalue weighted by Crippen LogP contribution is 2.20. The van der Waals surface area contributed by atoms with E-state index in [1.54, 1.807) is 36.4 Å². The van der Waals surface area contributed by atoms with Crippen LogP contribution in [-0.2, 0) is 21.3 Å². The van der Waals surface area contributed by atoms with Crippen LogP contribution in [-0.4, -0.2) is 45.1 Å². The summed E-state index contributed by atoms with van der Waals surface area (Å²) >= 11 is 6.05. The predicted molar refractivity (Wildman–Crippen MR) is 108 cm³/mol. The number of rotatable bonds is 5. The minimum atomic E-state index is -3.52. The highest BCUT2D eigenvalue weighted by molar-refractivity contribution is 7.89. The molecule has 0 saturated carbocycles. The lowest BCUT2D eigenvalue weighted by molar-refractivity contribution is 0.0730. The van der Waals surface area contributed by atoms with Gasteiger partial charge in [-0.05, 0) is 42.3 Å². The van der Waals surface area contributed by atoms with Crippen LogP contribution in [0.2, 0.25) is 5.02 Å². The average molecular weight is 424 g/mol. The summed E-state index contributed by atoms with van der Waals surface area (Å²) in [6.07, 6.45) is 0. The largest absolute Gasteiger partial charge is 0.379 e. The van der Waals surface area contributed by atoms with E-state index in [0.717, 1.165) is 11.1 Å². The fourth-order valence-corrected chi connectivity index (χ4v) is 4.33. The number of aryl methyl sites for hydroxylation is 1. The third-order valence-corrected chi connectivity index (χ3v) is 6.73. The molecule has 0 radical (unpaired) electrons. The number of urea groups is 1. The molecule has 3 rings (SSSR count). The molecular formula is C19H22ClN3O4S. The number of anilines is 1. The Bertz CT molecular complexity index is 942. The molecule has 0 aromatic heterocycles. The second kappa shape index (κ2) is 8.91. The van der Waals surface area contributed by atoms with Crippen LogP contribution in [0.4, 0.5) is 10.5 Å². The van der Waals surface area contributed by atoms with Crippen molar-refractivity contribution < 1.29 is 17.9 Å². The molecule has 1 aliphatic heterocycles. The van der Waals surface area contributed by atoms with Gasteiger partial charge < -0.3 is 15.4 Å². The lowest BCUT2D eigenvalue weighted by Crippen LogP contribution is -2.40. The molecule has 7 nitrogen and oxygen atoms in total. The van der Waals surface area contributed by atoms with E-state index in [2.05, 4.69) is 10.6 Å². The molecule has 2 amide bonds. The zero-order chi connectivity index (χ0) is 20.1. The number of morpholine rings is 1. The second-order valence-electron chi connectivity index (χ2n) is 6.43. The van der Waals surface area contributed by atoms with Crippen LogP contribution in [0.3, 0.4) is 0 Å². The van der Waals surface area contributed by atoms with Gasteiger partial charge >= 0.3 is 6.03 Å². The Kier molecular flexibility index (Phi) is 6.56. The Labute approximate surface area is 169 Å². The van der Waals surface area contributed by atoms with Crippen LogP contribution in [0.5, 0.6) is 0 Å². The van der Waals surface area contributed by atoms with Gasteiger partial charge in [-0.1, -0.05) is 29.8 Å².